The molecule has 0 bridgehead atoms. The Balaban J connectivity index is 2.26. The summed E-state index contributed by atoms with van der Waals surface area (Å²) in [6, 6.07) is 3.76. The fourth-order valence-electron chi connectivity index (χ4n) is 2.01. The van der Waals surface area contributed by atoms with Crippen LogP contribution < -0.4 is 10.5 Å². The van der Waals surface area contributed by atoms with Gasteiger partial charge >= 0.3 is 0 Å². The van der Waals surface area contributed by atoms with Crippen LogP contribution in [-0.2, 0) is 7.05 Å². The molecule has 3 aromatic rings. The van der Waals surface area contributed by atoms with E-state index in [1.807, 2.05) is 25.4 Å². The summed E-state index contributed by atoms with van der Waals surface area (Å²) in [7, 11) is 3.50. The average molecular weight is 255 g/mol. The second kappa shape index (κ2) is 4.24. The predicted molar refractivity (Wildman–Crippen MR) is 72.7 cm³/mol. The van der Waals surface area contributed by atoms with Crippen LogP contribution in [0, 0.1) is 0 Å². The molecule has 0 saturated heterocycles. The highest BCUT2D eigenvalue weighted by Crippen LogP contribution is 2.32. The van der Waals surface area contributed by atoms with E-state index in [2.05, 4.69) is 15.1 Å². The molecule has 0 fully saturated rings. The SMILES string of the molecule is COc1cc2nc(N)cnc2cc1-c1cnn(C)c1. The normalized spacial score (nSPS) is 10.8. The largest absolute Gasteiger partial charge is 0.496 e. The highest BCUT2D eigenvalue weighted by Gasteiger charge is 2.11. The molecular formula is C13H13N5O. The first-order valence-corrected chi connectivity index (χ1v) is 5.76. The summed E-state index contributed by atoms with van der Waals surface area (Å²) >= 11 is 0. The number of nitrogen functional groups attached to an aromatic ring is 1. The summed E-state index contributed by atoms with van der Waals surface area (Å²) in [6.07, 6.45) is 5.25. The van der Waals surface area contributed by atoms with Gasteiger partial charge in [-0.1, -0.05) is 0 Å². The van der Waals surface area contributed by atoms with Crippen molar-refractivity contribution < 1.29 is 4.74 Å². The molecule has 0 amide bonds. The molecule has 19 heavy (non-hydrogen) atoms. The monoisotopic (exact) mass is 255 g/mol. The van der Waals surface area contributed by atoms with Crippen LogP contribution in [0.1, 0.15) is 0 Å². The summed E-state index contributed by atoms with van der Waals surface area (Å²) in [5, 5.41) is 4.17. The lowest BCUT2D eigenvalue weighted by Gasteiger charge is -2.08. The molecule has 2 aromatic heterocycles. The zero-order valence-corrected chi connectivity index (χ0v) is 10.7. The van der Waals surface area contributed by atoms with Gasteiger partial charge in [0.15, 0.2) is 0 Å². The van der Waals surface area contributed by atoms with Gasteiger partial charge in [0.05, 0.1) is 30.5 Å². The Morgan fingerprint density at radius 3 is 2.74 bits per heavy atom. The number of rotatable bonds is 2. The summed E-state index contributed by atoms with van der Waals surface area (Å²) in [4.78, 5) is 8.52. The van der Waals surface area contributed by atoms with E-state index < -0.39 is 0 Å². The molecule has 2 heterocycles. The van der Waals surface area contributed by atoms with Gasteiger partial charge < -0.3 is 10.5 Å². The van der Waals surface area contributed by atoms with Crippen LogP contribution >= 0.6 is 0 Å². The number of hydrogen-bond donors (Lipinski definition) is 1. The molecule has 6 heteroatoms. The number of fused-ring (bicyclic) bond motifs is 1. The topological polar surface area (TPSA) is 78.8 Å². The maximum atomic E-state index is 5.64. The number of nitrogens with zero attached hydrogens (tertiary/aromatic N) is 4. The Bertz CT molecular complexity index is 750. The second-order valence-corrected chi connectivity index (χ2v) is 4.24. The number of hydrogen-bond acceptors (Lipinski definition) is 5. The molecule has 0 spiro atoms. The first-order chi connectivity index (χ1) is 9.17. The quantitative estimate of drug-likeness (QED) is 0.752. The van der Waals surface area contributed by atoms with Crippen LogP contribution in [-0.4, -0.2) is 26.9 Å². The minimum absolute atomic E-state index is 0.392. The fourth-order valence-corrected chi connectivity index (χ4v) is 2.01. The van der Waals surface area contributed by atoms with Crippen LogP contribution in [0.3, 0.4) is 0 Å². The minimum Gasteiger partial charge on any atom is -0.496 e. The molecule has 0 atom stereocenters. The van der Waals surface area contributed by atoms with E-state index in [9.17, 15) is 0 Å². The van der Waals surface area contributed by atoms with Crippen LogP contribution in [0.2, 0.25) is 0 Å². The number of aromatic nitrogens is 4. The number of methoxy groups -OCH3 is 1. The Kier molecular flexibility index (Phi) is 2.56. The van der Waals surface area contributed by atoms with E-state index in [1.165, 1.54) is 0 Å². The van der Waals surface area contributed by atoms with Crippen molar-refractivity contribution >= 4 is 16.9 Å². The second-order valence-electron chi connectivity index (χ2n) is 4.24. The third-order valence-electron chi connectivity index (χ3n) is 2.90. The van der Waals surface area contributed by atoms with E-state index in [1.54, 1.807) is 24.2 Å². The van der Waals surface area contributed by atoms with Crippen LogP contribution in [0.25, 0.3) is 22.2 Å². The van der Waals surface area contributed by atoms with Gasteiger partial charge in [-0.2, -0.15) is 5.10 Å². The van der Waals surface area contributed by atoms with Gasteiger partial charge in [-0.05, 0) is 6.07 Å². The molecule has 3 rings (SSSR count). The number of ether oxygens (including phenoxy) is 1. The first kappa shape index (κ1) is 11.5. The summed E-state index contributed by atoms with van der Waals surface area (Å²) in [5.74, 6) is 1.11. The molecule has 0 radical (unpaired) electrons. The molecule has 0 aliphatic rings. The third kappa shape index (κ3) is 1.97. The first-order valence-electron chi connectivity index (χ1n) is 5.76. The van der Waals surface area contributed by atoms with Crippen LogP contribution in [0.15, 0.2) is 30.7 Å². The van der Waals surface area contributed by atoms with Crippen molar-refractivity contribution in [1.29, 1.82) is 0 Å². The van der Waals surface area contributed by atoms with Gasteiger partial charge in [-0.15, -0.1) is 0 Å². The number of benzene rings is 1. The van der Waals surface area contributed by atoms with E-state index in [4.69, 9.17) is 10.5 Å². The number of aryl methyl sites for hydroxylation is 1. The van der Waals surface area contributed by atoms with E-state index >= 15 is 0 Å². The van der Waals surface area contributed by atoms with Crippen LogP contribution in [0.4, 0.5) is 5.82 Å². The van der Waals surface area contributed by atoms with E-state index in [-0.39, 0.29) is 0 Å². The van der Waals surface area contributed by atoms with E-state index in [0.717, 1.165) is 22.4 Å². The van der Waals surface area contributed by atoms with Gasteiger partial charge in [0.1, 0.15) is 11.6 Å². The van der Waals surface area contributed by atoms with Crippen molar-refractivity contribution in [3.05, 3.63) is 30.7 Å². The molecule has 0 unspecified atom stereocenters. The lowest BCUT2D eigenvalue weighted by atomic mass is 10.1. The number of anilines is 1. The van der Waals surface area contributed by atoms with Gasteiger partial charge in [0.25, 0.3) is 0 Å². The van der Waals surface area contributed by atoms with Crippen molar-refractivity contribution in [2.45, 2.75) is 0 Å². The highest BCUT2D eigenvalue weighted by molar-refractivity contribution is 5.86. The lowest BCUT2D eigenvalue weighted by molar-refractivity contribution is 0.417. The Morgan fingerprint density at radius 2 is 2.05 bits per heavy atom. The Labute approximate surface area is 109 Å². The fraction of sp³-hybridized carbons (Fsp3) is 0.154. The minimum atomic E-state index is 0.392. The maximum Gasteiger partial charge on any atom is 0.142 e. The van der Waals surface area contributed by atoms with Gasteiger partial charge in [0.2, 0.25) is 0 Å². The Morgan fingerprint density at radius 1 is 1.21 bits per heavy atom. The molecule has 0 aliphatic carbocycles. The van der Waals surface area contributed by atoms with Crippen molar-refractivity contribution in [2.75, 3.05) is 12.8 Å². The number of nitrogens with two attached hydrogens (primary N) is 1. The molecular weight excluding hydrogens is 242 g/mol. The van der Waals surface area contributed by atoms with Gasteiger partial charge in [-0.25, -0.2) is 4.98 Å². The highest BCUT2D eigenvalue weighted by atomic mass is 16.5. The average Bonchev–Trinajstić information content (AvgIpc) is 2.83. The van der Waals surface area contributed by atoms with Crippen molar-refractivity contribution in [3.8, 4) is 16.9 Å². The van der Waals surface area contributed by atoms with Gasteiger partial charge in [-0.3, -0.25) is 9.67 Å². The lowest BCUT2D eigenvalue weighted by Crippen LogP contribution is -1.95. The molecule has 96 valence electrons. The van der Waals surface area contributed by atoms with E-state index in [0.29, 0.717) is 11.3 Å². The smallest absolute Gasteiger partial charge is 0.142 e. The molecule has 0 saturated carbocycles. The van der Waals surface area contributed by atoms with Crippen molar-refractivity contribution in [3.63, 3.8) is 0 Å². The van der Waals surface area contributed by atoms with Gasteiger partial charge in [0, 0.05) is 30.4 Å². The molecule has 2 N–H and O–H groups in total. The Hall–Kier alpha value is -2.63. The zero-order valence-electron chi connectivity index (χ0n) is 10.7. The zero-order chi connectivity index (χ0) is 13.4. The molecule has 1 aromatic carbocycles. The third-order valence-corrected chi connectivity index (χ3v) is 2.90. The van der Waals surface area contributed by atoms with Crippen molar-refractivity contribution in [1.82, 2.24) is 19.7 Å². The molecule has 6 nitrogen and oxygen atoms in total. The van der Waals surface area contributed by atoms with Crippen molar-refractivity contribution in [2.24, 2.45) is 7.05 Å². The maximum absolute atomic E-state index is 5.64. The van der Waals surface area contributed by atoms with Crippen LogP contribution in [0.5, 0.6) is 5.75 Å². The summed E-state index contributed by atoms with van der Waals surface area (Å²) in [5.41, 5.74) is 9.03. The predicted octanol–water partition coefficient (Wildman–Crippen LogP) is 1.62. The summed E-state index contributed by atoms with van der Waals surface area (Å²) < 4.78 is 7.16. The molecule has 0 aliphatic heterocycles. The standard InChI is InChI=1S/C13H13N5O/c1-18-7-8(5-16-18)9-3-10-11(4-12(9)19-2)17-13(14)6-15-10/h3-7H,1-2H3,(H2,14,17). The summed E-state index contributed by atoms with van der Waals surface area (Å²) in [6.45, 7) is 0.